The number of benzene rings is 1. The molecule has 0 spiro atoms. The van der Waals surface area contributed by atoms with Gasteiger partial charge in [0.1, 0.15) is 0 Å². The van der Waals surface area contributed by atoms with Crippen LogP contribution in [0.1, 0.15) is 24.5 Å². The Morgan fingerprint density at radius 1 is 1.19 bits per heavy atom. The van der Waals surface area contributed by atoms with E-state index in [1.165, 1.54) is 18.5 Å². The zero-order valence-electron chi connectivity index (χ0n) is 16.3. The Bertz CT molecular complexity index is 608. The third-order valence-electron chi connectivity index (χ3n) is 5.77. The normalized spacial score (nSPS) is 24.3. The molecule has 2 heterocycles. The summed E-state index contributed by atoms with van der Waals surface area (Å²) in [4.78, 5) is 17.2. The van der Waals surface area contributed by atoms with E-state index in [4.69, 9.17) is 0 Å². The number of hydrogen-bond donors (Lipinski definition) is 2. The second-order valence-electron chi connectivity index (χ2n) is 8.09. The van der Waals surface area contributed by atoms with Crippen LogP contribution in [0.2, 0.25) is 0 Å². The van der Waals surface area contributed by atoms with Crippen LogP contribution >= 0.6 is 12.4 Å². The molecule has 2 aliphatic rings. The van der Waals surface area contributed by atoms with Crippen molar-refractivity contribution in [2.75, 3.05) is 57.7 Å². The highest BCUT2D eigenvalue weighted by atomic mass is 35.5. The predicted octanol–water partition coefficient (Wildman–Crippen LogP) is 2.28. The van der Waals surface area contributed by atoms with E-state index in [0.29, 0.717) is 12.0 Å². The molecular formula is C20H33ClN4O. The summed E-state index contributed by atoms with van der Waals surface area (Å²) in [5.74, 6) is 0.0918. The third kappa shape index (κ3) is 5.43. The van der Waals surface area contributed by atoms with Crippen molar-refractivity contribution >= 4 is 24.0 Å². The van der Waals surface area contributed by atoms with Crippen LogP contribution in [0, 0.1) is 19.3 Å². The highest BCUT2D eigenvalue weighted by Crippen LogP contribution is 2.26. The second kappa shape index (κ2) is 9.18. The van der Waals surface area contributed by atoms with Crippen molar-refractivity contribution in [3.63, 3.8) is 0 Å². The van der Waals surface area contributed by atoms with Gasteiger partial charge in [0.05, 0.1) is 6.54 Å². The van der Waals surface area contributed by atoms with Gasteiger partial charge in [-0.2, -0.15) is 0 Å². The molecule has 2 N–H and O–H groups in total. The molecule has 0 bridgehead atoms. The largest absolute Gasteiger partial charge is 0.325 e. The van der Waals surface area contributed by atoms with Crippen molar-refractivity contribution in [1.29, 1.82) is 0 Å². The average molecular weight is 381 g/mol. The number of rotatable bonds is 5. The Morgan fingerprint density at radius 3 is 2.54 bits per heavy atom. The lowest BCUT2D eigenvalue weighted by Crippen LogP contribution is -2.51. The predicted molar refractivity (Wildman–Crippen MR) is 110 cm³/mol. The molecule has 6 heteroatoms. The molecule has 1 unspecified atom stereocenters. The van der Waals surface area contributed by atoms with Crippen LogP contribution in [0.5, 0.6) is 0 Å². The van der Waals surface area contributed by atoms with Gasteiger partial charge in [-0.25, -0.2) is 0 Å². The topological polar surface area (TPSA) is 47.6 Å². The van der Waals surface area contributed by atoms with E-state index in [2.05, 4.69) is 47.3 Å². The number of carbonyl (C=O) groups excluding carboxylic acids is 1. The molecule has 2 saturated heterocycles. The highest BCUT2D eigenvalue weighted by molar-refractivity contribution is 5.93. The van der Waals surface area contributed by atoms with Crippen molar-refractivity contribution in [3.05, 3.63) is 29.3 Å². The number of hydrogen-bond acceptors (Lipinski definition) is 4. The number of nitrogens with zero attached hydrogens (tertiary/aromatic N) is 2. The van der Waals surface area contributed by atoms with E-state index in [0.717, 1.165) is 50.5 Å². The van der Waals surface area contributed by atoms with Crippen molar-refractivity contribution in [1.82, 2.24) is 15.1 Å². The Labute approximate surface area is 163 Å². The minimum Gasteiger partial charge on any atom is -0.325 e. The third-order valence-corrected chi connectivity index (χ3v) is 5.77. The lowest BCUT2D eigenvalue weighted by Gasteiger charge is -2.38. The summed E-state index contributed by atoms with van der Waals surface area (Å²) in [6.45, 7) is 14.5. The Balaban J connectivity index is 0.00000243. The van der Waals surface area contributed by atoms with E-state index < -0.39 is 0 Å². The van der Waals surface area contributed by atoms with Gasteiger partial charge in [0, 0.05) is 45.0 Å². The Morgan fingerprint density at radius 2 is 1.88 bits per heavy atom. The molecule has 26 heavy (non-hydrogen) atoms. The van der Waals surface area contributed by atoms with Crippen LogP contribution in [-0.4, -0.2) is 68.1 Å². The maximum Gasteiger partial charge on any atom is 0.238 e. The molecule has 0 radical (unpaired) electrons. The number of aryl methyl sites for hydroxylation is 1. The molecule has 3 rings (SSSR count). The number of nitrogens with one attached hydrogen (secondary N) is 2. The molecular weight excluding hydrogens is 348 g/mol. The lowest BCUT2D eigenvalue weighted by atomic mass is 9.89. The molecule has 146 valence electrons. The first-order chi connectivity index (χ1) is 12.0. The molecule has 0 saturated carbocycles. The maximum absolute atomic E-state index is 12.4. The molecule has 0 aromatic heterocycles. The van der Waals surface area contributed by atoms with Crippen LogP contribution in [0.15, 0.2) is 18.2 Å². The first-order valence-corrected chi connectivity index (χ1v) is 9.47. The second-order valence-corrected chi connectivity index (χ2v) is 8.09. The summed E-state index contributed by atoms with van der Waals surface area (Å²) in [6.07, 6.45) is 1.27. The van der Waals surface area contributed by atoms with Crippen LogP contribution < -0.4 is 10.6 Å². The molecule has 1 aromatic rings. The Kier molecular flexibility index (Phi) is 7.47. The van der Waals surface area contributed by atoms with Crippen molar-refractivity contribution in [2.45, 2.75) is 27.2 Å². The van der Waals surface area contributed by atoms with Crippen molar-refractivity contribution in [2.24, 2.45) is 5.41 Å². The van der Waals surface area contributed by atoms with E-state index in [-0.39, 0.29) is 18.3 Å². The first kappa shape index (κ1) is 21.2. The van der Waals surface area contributed by atoms with E-state index in [9.17, 15) is 4.79 Å². The van der Waals surface area contributed by atoms with Crippen LogP contribution in [-0.2, 0) is 4.79 Å². The minimum atomic E-state index is 0. The van der Waals surface area contributed by atoms with E-state index in [1.807, 2.05) is 12.1 Å². The van der Waals surface area contributed by atoms with Crippen LogP contribution in [0.3, 0.4) is 0 Å². The van der Waals surface area contributed by atoms with Crippen LogP contribution in [0.25, 0.3) is 0 Å². The SMILES string of the molecule is Cc1cccc(NC(=O)CN2CCN(CC3(C)CCNC3)CC2)c1C.Cl. The van der Waals surface area contributed by atoms with Gasteiger partial charge >= 0.3 is 0 Å². The van der Waals surface area contributed by atoms with E-state index in [1.54, 1.807) is 0 Å². The van der Waals surface area contributed by atoms with Gasteiger partial charge in [-0.3, -0.25) is 9.69 Å². The van der Waals surface area contributed by atoms with Gasteiger partial charge in [-0.1, -0.05) is 19.1 Å². The molecule has 1 amide bonds. The summed E-state index contributed by atoms with van der Waals surface area (Å²) >= 11 is 0. The summed E-state index contributed by atoms with van der Waals surface area (Å²) in [5, 5.41) is 6.55. The fourth-order valence-electron chi connectivity index (χ4n) is 3.93. The monoisotopic (exact) mass is 380 g/mol. The Hall–Kier alpha value is -1.14. The maximum atomic E-state index is 12.4. The summed E-state index contributed by atoms with van der Waals surface area (Å²) in [6, 6.07) is 6.05. The molecule has 1 aromatic carbocycles. The zero-order valence-corrected chi connectivity index (χ0v) is 17.1. The van der Waals surface area contributed by atoms with Crippen molar-refractivity contribution < 1.29 is 4.79 Å². The minimum absolute atomic E-state index is 0. The van der Waals surface area contributed by atoms with Gasteiger partial charge < -0.3 is 15.5 Å². The first-order valence-electron chi connectivity index (χ1n) is 9.47. The molecule has 1 atom stereocenters. The van der Waals surface area contributed by atoms with Crippen LogP contribution in [0.4, 0.5) is 5.69 Å². The van der Waals surface area contributed by atoms with E-state index >= 15 is 0 Å². The number of carbonyl (C=O) groups is 1. The standard InChI is InChI=1S/C20H32N4O.ClH/c1-16-5-4-6-18(17(16)2)22-19(25)13-23-9-11-24(12-10-23)15-20(3)7-8-21-14-20;/h4-6,21H,7-15H2,1-3H3,(H,22,25);1H. The van der Waals surface area contributed by atoms with Gasteiger partial charge in [0.15, 0.2) is 0 Å². The fourth-order valence-corrected chi connectivity index (χ4v) is 3.93. The van der Waals surface area contributed by atoms with Gasteiger partial charge in [-0.15, -0.1) is 12.4 Å². The van der Waals surface area contributed by atoms with Gasteiger partial charge in [0.25, 0.3) is 0 Å². The summed E-state index contributed by atoms with van der Waals surface area (Å²) in [5.41, 5.74) is 3.72. The number of amides is 1. The lowest BCUT2D eigenvalue weighted by molar-refractivity contribution is -0.117. The number of anilines is 1. The smallest absolute Gasteiger partial charge is 0.238 e. The van der Waals surface area contributed by atoms with Gasteiger partial charge in [0.2, 0.25) is 5.91 Å². The fraction of sp³-hybridized carbons (Fsp3) is 0.650. The highest BCUT2D eigenvalue weighted by Gasteiger charge is 2.31. The number of piperazine rings is 1. The molecule has 0 aliphatic carbocycles. The molecule has 2 aliphatic heterocycles. The quantitative estimate of drug-likeness (QED) is 0.822. The molecule has 5 nitrogen and oxygen atoms in total. The summed E-state index contributed by atoms with van der Waals surface area (Å²) in [7, 11) is 0. The zero-order chi connectivity index (χ0) is 17.9. The van der Waals surface area contributed by atoms with Gasteiger partial charge in [-0.05, 0) is 49.4 Å². The van der Waals surface area contributed by atoms with Crippen molar-refractivity contribution in [3.8, 4) is 0 Å². The summed E-state index contributed by atoms with van der Waals surface area (Å²) < 4.78 is 0. The average Bonchev–Trinajstić information content (AvgIpc) is 3.00. The molecule has 2 fully saturated rings. The number of halogens is 1.